The molecule has 7 nitrogen and oxygen atoms in total. The van der Waals surface area contributed by atoms with Crippen molar-refractivity contribution in [2.24, 2.45) is 11.8 Å². The first-order valence-corrected chi connectivity index (χ1v) is 6.51. The molecule has 3 atom stereocenters. The molecule has 1 rings (SSSR count). The molecule has 1 aliphatic heterocycles. The van der Waals surface area contributed by atoms with Crippen LogP contribution in [0.15, 0.2) is 12.3 Å². The fourth-order valence-corrected chi connectivity index (χ4v) is 2.07. The van der Waals surface area contributed by atoms with Crippen LogP contribution in [0.5, 0.6) is 0 Å². The topological polar surface area (TPSA) is 90.9 Å². The van der Waals surface area contributed by atoms with Crippen LogP contribution >= 0.6 is 0 Å². The fraction of sp³-hybridized carbons (Fsp3) is 0.643. The van der Waals surface area contributed by atoms with Crippen LogP contribution < -0.4 is 5.32 Å². The monoisotopic (exact) mass is 299 g/mol. The maximum atomic E-state index is 12.2. The van der Waals surface area contributed by atoms with Gasteiger partial charge in [0.25, 0.3) is 0 Å². The average molecular weight is 299 g/mol. The van der Waals surface area contributed by atoms with Crippen molar-refractivity contribution in [2.75, 3.05) is 14.2 Å². The van der Waals surface area contributed by atoms with E-state index in [-0.39, 0.29) is 0 Å². The molecule has 0 aromatic rings. The fourth-order valence-electron chi connectivity index (χ4n) is 2.07. The lowest BCUT2D eigenvalue weighted by atomic mass is 9.90. The zero-order valence-electron chi connectivity index (χ0n) is 12.8. The van der Waals surface area contributed by atoms with E-state index < -0.39 is 41.3 Å². The summed E-state index contributed by atoms with van der Waals surface area (Å²) >= 11 is 0. The molecule has 1 N–H and O–H groups in total. The van der Waals surface area contributed by atoms with Crippen molar-refractivity contribution in [3.05, 3.63) is 12.3 Å². The molecule has 0 aromatic heterocycles. The van der Waals surface area contributed by atoms with Gasteiger partial charge in [-0.2, -0.15) is 0 Å². The standard InChI is InChI=1S/C14H21NO6/c1-14(2,3)21-13(18)10-8(6-7-19-4)9(11(16)15-10)12(17)20-5/h6-10H,1-5H3,(H,15,16)/b7-6+/t8-,9-,10-/m1/s1. The molecule has 1 fully saturated rings. The Morgan fingerprint density at radius 2 is 1.81 bits per heavy atom. The molecule has 1 aliphatic rings. The van der Waals surface area contributed by atoms with Crippen LogP contribution in [0, 0.1) is 11.8 Å². The first-order valence-electron chi connectivity index (χ1n) is 6.51. The molecule has 21 heavy (non-hydrogen) atoms. The number of esters is 2. The van der Waals surface area contributed by atoms with Crippen molar-refractivity contribution >= 4 is 17.8 Å². The summed E-state index contributed by atoms with van der Waals surface area (Å²) < 4.78 is 14.7. The highest BCUT2D eigenvalue weighted by Crippen LogP contribution is 2.28. The largest absolute Gasteiger partial charge is 0.505 e. The number of amides is 1. The van der Waals surface area contributed by atoms with Crippen LogP contribution in [0.2, 0.25) is 0 Å². The highest BCUT2D eigenvalue weighted by molar-refractivity contribution is 6.03. The van der Waals surface area contributed by atoms with E-state index in [0.29, 0.717) is 0 Å². The lowest BCUT2D eigenvalue weighted by Gasteiger charge is -2.24. The van der Waals surface area contributed by atoms with Gasteiger partial charge >= 0.3 is 11.9 Å². The number of methoxy groups -OCH3 is 2. The van der Waals surface area contributed by atoms with Crippen molar-refractivity contribution in [3.8, 4) is 0 Å². The predicted octanol–water partition coefficient (Wildman–Crippen LogP) is 0.392. The number of carbonyl (C=O) groups is 3. The van der Waals surface area contributed by atoms with E-state index in [1.165, 1.54) is 26.6 Å². The number of hydrogen-bond donors (Lipinski definition) is 1. The quantitative estimate of drug-likeness (QED) is 0.459. The molecule has 0 aromatic carbocycles. The van der Waals surface area contributed by atoms with E-state index in [9.17, 15) is 14.4 Å². The minimum atomic E-state index is -1.10. The number of ether oxygens (including phenoxy) is 3. The van der Waals surface area contributed by atoms with E-state index in [2.05, 4.69) is 10.1 Å². The number of hydrogen-bond acceptors (Lipinski definition) is 6. The van der Waals surface area contributed by atoms with Gasteiger partial charge in [0.15, 0.2) is 0 Å². The summed E-state index contributed by atoms with van der Waals surface area (Å²) in [4.78, 5) is 35.8. The molecule has 1 amide bonds. The average Bonchev–Trinajstić information content (AvgIpc) is 2.70. The van der Waals surface area contributed by atoms with Crippen molar-refractivity contribution < 1.29 is 28.6 Å². The van der Waals surface area contributed by atoms with Crippen LogP contribution in [0.1, 0.15) is 20.8 Å². The summed E-state index contributed by atoms with van der Waals surface area (Å²) in [7, 11) is 2.61. The van der Waals surface area contributed by atoms with Gasteiger partial charge in [-0.05, 0) is 26.8 Å². The Kier molecular flexibility index (Phi) is 5.34. The second kappa shape index (κ2) is 6.60. The van der Waals surface area contributed by atoms with Gasteiger partial charge in [-0.1, -0.05) is 0 Å². The molecule has 1 heterocycles. The third-order valence-electron chi connectivity index (χ3n) is 2.90. The van der Waals surface area contributed by atoms with E-state index in [1.54, 1.807) is 20.8 Å². The molecular formula is C14H21NO6. The number of nitrogens with one attached hydrogen (secondary N) is 1. The first-order chi connectivity index (χ1) is 9.71. The molecule has 0 aliphatic carbocycles. The van der Waals surface area contributed by atoms with Crippen LogP contribution in [0.4, 0.5) is 0 Å². The Hall–Kier alpha value is -2.05. The molecule has 0 unspecified atom stereocenters. The Morgan fingerprint density at radius 3 is 2.29 bits per heavy atom. The van der Waals surface area contributed by atoms with Gasteiger partial charge in [0.2, 0.25) is 5.91 Å². The molecule has 0 bridgehead atoms. The van der Waals surface area contributed by atoms with Crippen LogP contribution in [0.3, 0.4) is 0 Å². The number of rotatable bonds is 4. The molecule has 118 valence electrons. The Labute approximate surface area is 123 Å². The van der Waals surface area contributed by atoms with Crippen molar-refractivity contribution in [1.29, 1.82) is 0 Å². The van der Waals surface area contributed by atoms with Gasteiger partial charge in [-0.3, -0.25) is 9.59 Å². The van der Waals surface area contributed by atoms with Crippen LogP contribution in [0.25, 0.3) is 0 Å². The second-order valence-electron chi connectivity index (χ2n) is 5.66. The zero-order chi connectivity index (χ0) is 16.2. The minimum absolute atomic E-state index is 0.566. The Bertz CT molecular complexity index is 451. The SMILES string of the molecule is CO/C=C/[C@@H]1[C@@H](C(=O)OC)C(=O)N[C@H]1C(=O)OC(C)(C)C. The molecule has 0 spiro atoms. The third-order valence-corrected chi connectivity index (χ3v) is 2.90. The van der Waals surface area contributed by atoms with Gasteiger partial charge in [-0.15, -0.1) is 0 Å². The molecular weight excluding hydrogens is 278 g/mol. The van der Waals surface area contributed by atoms with Crippen molar-refractivity contribution in [2.45, 2.75) is 32.4 Å². The summed E-state index contributed by atoms with van der Waals surface area (Å²) in [5.41, 5.74) is -0.694. The van der Waals surface area contributed by atoms with Crippen LogP contribution in [-0.2, 0) is 28.6 Å². The van der Waals surface area contributed by atoms with Gasteiger partial charge in [0, 0.05) is 5.92 Å². The van der Waals surface area contributed by atoms with Gasteiger partial charge in [-0.25, -0.2) is 4.79 Å². The third kappa shape index (κ3) is 4.21. The van der Waals surface area contributed by atoms with Gasteiger partial charge in [0.1, 0.15) is 17.6 Å². The Balaban J connectivity index is 3.02. The van der Waals surface area contributed by atoms with Gasteiger partial charge in [0.05, 0.1) is 20.5 Å². The lowest BCUT2D eigenvalue weighted by Crippen LogP contribution is -2.41. The van der Waals surface area contributed by atoms with E-state index in [4.69, 9.17) is 9.47 Å². The zero-order valence-corrected chi connectivity index (χ0v) is 12.8. The maximum absolute atomic E-state index is 12.2. The summed E-state index contributed by atoms with van der Waals surface area (Å²) in [5, 5.41) is 2.48. The smallest absolute Gasteiger partial charge is 0.329 e. The molecule has 0 radical (unpaired) electrons. The summed E-state index contributed by atoms with van der Waals surface area (Å²) in [6, 6.07) is -0.952. The molecule has 0 saturated carbocycles. The summed E-state index contributed by atoms with van der Waals surface area (Å²) in [5.74, 6) is -3.69. The highest BCUT2D eigenvalue weighted by atomic mass is 16.6. The van der Waals surface area contributed by atoms with E-state index in [1.807, 2.05) is 0 Å². The van der Waals surface area contributed by atoms with Crippen LogP contribution in [-0.4, -0.2) is 43.7 Å². The molecule has 1 saturated heterocycles. The Morgan fingerprint density at radius 1 is 1.19 bits per heavy atom. The van der Waals surface area contributed by atoms with E-state index in [0.717, 1.165) is 0 Å². The predicted molar refractivity (Wildman–Crippen MR) is 72.9 cm³/mol. The van der Waals surface area contributed by atoms with E-state index >= 15 is 0 Å². The number of carbonyl (C=O) groups excluding carboxylic acids is 3. The lowest BCUT2D eigenvalue weighted by molar-refractivity contribution is -0.158. The molecule has 7 heteroatoms. The highest BCUT2D eigenvalue weighted by Gasteiger charge is 2.50. The van der Waals surface area contributed by atoms with Crippen molar-refractivity contribution in [3.63, 3.8) is 0 Å². The first kappa shape index (κ1) is 17.0. The van der Waals surface area contributed by atoms with Gasteiger partial charge < -0.3 is 19.5 Å². The summed E-state index contributed by atoms with van der Waals surface area (Å²) in [6.45, 7) is 5.17. The summed E-state index contributed by atoms with van der Waals surface area (Å²) in [6.07, 6.45) is 2.80. The minimum Gasteiger partial charge on any atom is -0.505 e. The normalized spacial score (nSPS) is 25.6. The maximum Gasteiger partial charge on any atom is 0.329 e. The second-order valence-corrected chi connectivity index (χ2v) is 5.66. The van der Waals surface area contributed by atoms with Crippen molar-refractivity contribution in [1.82, 2.24) is 5.32 Å².